The highest BCUT2D eigenvalue weighted by Crippen LogP contribution is 2.53. The Morgan fingerprint density at radius 3 is 1.58 bits per heavy atom. The Hall–Kier alpha value is -5.82. The monoisotopic (exact) mass is 812 g/mol. The summed E-state index contributed by atoms with van der Waals surface area (Å²) in [6.07, 6.45) is 11.1. The molecule has 2 unspecified atom stereocenters. The van der Waals surface area contributed by atoms with Gasteiger partial charge >= 0.3 is 12.1 Å². The Balaban J connectivity index is 0.000000168. The molecular formula is C47H56N8O5. The number of urea groups is 2. The summed E-state index contributed by atoms with van der Waals surface area (Å²) < 4.78 is 5.56. The first-order valence-electron chi connectivity index (χ1n) is 21.2. The van der Waals surface area contributed by atoms with Crippen LogP contribution in [0.25, 0.3) is 0 Å². The van der Waals surface area contributed by atoms with E-state index >= 15 is 0 Å². The van der Waals surface area contributed by atoms with Crippen LogP contribution in [-0.4, -0.2) is 108 Å². The van der Waals surface area contributed by atoms with Gasteiger partial charge in [0, 0.05) is 77.4 Å². The highest BCUT2D eigenvalue weighted by atomic mass is 16.5. The summed E-state index contributed by atoms with van der Waals surface area (Å²) in [5.74, 6) is 4.46. The number of nitrogens with zero attached hydrogens (tertiary/aromatic N) is 7. The highest BCUT2D eigenvalue weighted by molar-refractivity contribution is 5.95. The summed E-state index contributed by atoms with van der Waals surface area (Å²) >= 11 is 0. The van der Waals surface area contributed by atoms with E-state index in [1.165, 1.54) is 41.9 Å². The number of pyridine rings is 2. The maximum atomic E-state index is 12.9. The van der Waals surface area contributed by atoms with Crippen molar-refractivity contribution in [1.82, 2.24) is 30.0 Å². The van der Waals surface area contributed by atoms with Gasteiger partial charge in [-0.15, -0.1) is 0 Å². The van der Waals surface area contributed by atoms with Crippen LogP contribution in [-0.2, 0) is 17.8 Å². The van der Waals surface area contributed by atoms with E-state index in [1.54, 1.807) is 56.5 Å². The van der Waals surface area contributed by atoms with Crippen molar-refractivity contribution >= 4 is 35.5 Å². The molecule has 6 fully saturated rings. The second-order valence-corrected chi connectivity index (χ2v) is 17.4. The Morgan fingerprint density at radius 1 is 0.650 bits per heavy atom. The van der Waals surface area contributed by atoms with E-state index in [0.717, 1.165) is 29.4 Å². The molecule has 2 aliphatic heterocycles. The smallest absolute Gasteiger partial charge is 0.325 e. The van der Waals surface area contributed by atoms with Crippen LogP contribution < -0.4 is 15.1 Å². The molecule has 6 bridgehead atoms. The topological polar surface area (TPSA) is 132 Å². The van der Waals surface area contributed by atoms with Gasteiger partial charge in [0.05, 0.1) is 18.8 Å². The summed E-state index contributed by atoms with van der Waals surface area (Å²) in [5.41, 5.74) is 3.33. The molecule has 2 aromatic heterocycles. The maximum absolute atomic E-state index is 12.9. The number of nitrogens with one attached hydrogen (secondary N) is 1. The third kappa shape index (κ3) is 9.01. The molecule has 314 valence electrons. The Labute approximate surface area is 352 Å². The van der Waals surface area contributed by atoms with Crippen LogP contribution in [0, 0.1) is 23.7 Å². The standard InChI is InChI=1S/C26H32N4O2.C21H24N4O3/c1-29(26(32)30(2)23-5-3-4-10-27-23)16-17-6-8-20(9-7-17)25(31)28-24-21-12-18-11-19(14-21)15-22(24)13-18;1-23(21(27)24(2)19-5-3-4-10-22-19)12-15-6-8-16(9-7-15)20(26)25-13-18-11-17(25)14-28-18/h3-10,18-19,21-22,24H,11-16H2,1-2H3,(H,28,31);3-10,17-18H,11-14H2,1-2H3. The van der Waals surface area contributed by atoms with Gasteiger partial charge in [-0.3, -0.25) is 19.4 Å². The summed E-state index contributed by atoms with van der Waals surface area (Å²) in [6.45, 7) is 2.24. The number of amides is 6. The van der Waals surface area contributed by atoms with E-state index in [9.17, 15) is 19.2 Å². The summed E-state index contributed by atoms with van der Waals surface area (Å²) in [5, 5.41) is 3.37. The largest absolute Gasteiger partial charge is 0.374 e. The zero-order valence-corrected chi connectivity index (χ0v) is 35.0. The van der Waals surface area contributed by atoms with Crippen LogP contribution in [0.15, 0.2) is 97.3 Å². The number of carbonyl (C=O) groups is 4. The third-order valence-corrected chi connectivity index (χ3v) is 13.2. The molecule has 6 amide bonds. The van der Waals surface area contributed by atoms with Crippen molar-refractivity contribution in [2.45, 2.75) is 69.8 Å². The van der Waals surface area contributed by atoms with Gasteiger partial charge in [-0.1, -0.05) is 36.4 Å². The van der Waals surface area contributed by atoms with E-state index in [2.05, 4.69) is 15.3 Å². The highest BCUT2D eigenvalue weighted by Gasteiger charge is 2.48. The molecule has 13 heteroatoms. The van der Waals surface area contributed by atoms with E-state index in [1.807, 2.05) is 83.8 Å². The van der Waals surface area contributed by atoms with Crippen LogP contribution in [0.2, 0.25) is 0 Å². The van der Waals surface area contributed by atoms with Crippen molar-refractivity contribution < 1.29 is 23.9 Å². The SMILES string of the molecule is CN(Cc1ccc(C(=O)N2CC3CC2CO3)cc1)C(=O)N(C)c1ccccn1.CN(Cc1ccc(C(=O)NC2C3CC4CC(C3)CC2C4)cc1)C(=O)N(C)c1ccccn1. The minimum atomic E-state index is -0.146. The number of hydrogen-bond acceptors (Lipinski definition) is 7. The Morgan fingerprint density at radius 2 is 1.15 bits per heavy atom. The van der Waals surface area contributed by atoms with Crippen molar-refractivity contribution in [3.05, 3.63) is 120 Å². The molecule has 4 saturated carbocycles. The van der Waals surface area contributed by atoms with Crippen LogP contribution >= 0.6 is 0 Å². The van der Waals surface area contributed by atoms with Crippen molar-refractivity contribution in [3.8, 4) is 0 Å². The fraction of sp³-hybridized carbons (Fsp3) is 0.447. The minimum absolute atomic E-state index is 0.0355. The van der Waals surface area contributed by atoms with E-state index < -0.39 is 0 Å². The van der Waals surface area contributed by atoms with Gasteiger partial charge in [0.25, 0.3) is 11.8 Å². The fourth-order valence-corrected chi connectivity index (χ4v) is 10.2. The average Bonchev–Trinajstić information content (AvgIpc) is 3.92. The predicted molar refractivity (Wildman–Crippen MR) is 229 cm³/mol. The van der Waals surface area contributed by atoms with Gasteiger partial charge in [0.1, 0.15) is 11.6 Å². The Bertz CT molecular complexity index is 2110. The second-order valence-electron chi connectivity index (χ2n) is 17.4. The molecule has 4 aliphatic carbocycles. The van der Waals surface area contributed by atoms with Crippen LogP contribution in [0.3, 0.4) is 0 Å². The molecule has 0 spiro atoms. The van der Waals surface area contributed by atoms with Gasteiger partial charge in [-0.25, -0.2) is 19.6 Å². The summed E-state index contributed by atoms with van der Waals surface area (Å²) in [4.78, 5) is 67.7. The lowest BCUT2D eigenvalue weighted by Crippen LogP contribution is -2.55. The van der Waals surface area contributed by atoms with Crippen molar-refractivity contribution in [2.24, 2.45) is 23.7 Å². The quantitative estimate of drug-likeness (QED) is 0.199. The zero-order chi connectivity index (χ0) is 41.9. The van der Waals surface area contributed by atoms with Crippen LogP contribution in [0.1, 0.15) is 70.4 Å². The van der Waals surface area contributed by atoms with Crippen molar-refractivity contribution in [1.29, 1.82) is 0 Å². The lowest BCUT2D eigenvalue weighted by atomic mass is 9.54. The normalized spacial score (nSPS) is 24.3. The van der Waals surface area contributed by atoms with E-state index in [-0.39, 0.29) is 36.0 Å². The van der Waals surface area contributed by atoms with E-state index in [4.69, 9.17) is 4.74 Å². The van der Waals surface area contributed by atoms with Crippen LogP contribution in [0.5, 0.6) is 0 Å². The van der Waals surface area contributed by atoms with Gasteiger partial charge in [-0.2, -0.15) is 0 Å². The van der Waals surface area contributed by atoms with Gasteiger partial charge in [0.15, 0.2) is 0 Å². The first kappa shape index (κ1) is 40.9. The number of aromatic nitrogens is 2. The number of rotatable bonds is 9. The number of benzene rings is 2. The number of anilines is 2. The van der Waals surface area contributed by atoms with Crippen molar-refractivity contribution in [2.75, 3.05) is 51.1 Å². The number of hydrogen-bond donors (Lipinski definition) is 1. The average molecular weight is 813 g/mol. The number of ether oxygens (including phenoxy) is 1. The van der Waals surface area contributed by atoms with Gasteiger partial charge < -0.3 is 24.8 Å². The fourth-order valence-electron chi connectivity index (χ4n) is 10.2. The Kier molecular flexibility index (Phi) is 12.1. The number of morpholine rings is 1. The molecular weight excluding hydrogens is 757 g/mol. The molecule has 0 radical (unpaired) electrons. The molecule has 2 saturated heterocycles. The second kappa shape index (κ2) is 17.8. The molecule has 6 aliphatic rings. The summed E-state index contributed by atoms with van der Waals surface area (Å²) in [6, 6.07) is 26.4. The maximum Gasteiger partial charge on any atom is 0.325 e. The lowest BCUT2D eigenvalue weighted by Gasteiger charge is -2.54. The third-order valence-electron chi connectivity index (χ3n) is 13.2. The summed E-state index contributed by atoms with van der Waals surface area (Å²) in [7, 11) is 6.95. The molecule has 4 heterocycles. The molecule has 2 atom stereocenters. The zero-order valence-electron chi connectivity index (χ0n) is 35.0. The van der Waals surface area contributed by atoms with Crippen LogP contribution in [0.4, 0.5) is 21.2 Å². The van der Waals surface area contributed by atoms with Crippen molar-refractivity contribution in [3.63, 3.8) is 0 Å². The number of fused-ring (bicyclic) bond motifs is 2. The number of likely N-dealkylation sites (tertiary alicyclic amines) is 1. The molecule has 2 aromatic carbocycles. The molecule has 10 rings (SSSR count). The predicted octanol–water partition coefficient (Wildman–Crippen LogP) is 6.71. The van der Waals surface area contributed by atoms with Gasteiger partial charge in [-0.05, 0) is 122 Å². The molecule has 4 aromatic rings. The molecule has 1 N–H and O–H groups in total. The molecule has 60 heavy (non-hydrogen) atoms. The first-order chi connectivity index (χ1) is 29.0. The minimum Gasteiger partial charge on any atom is -0.374 e. The number of carbonyl (C=O) groups excluding carboxylic acids is 4. The molecule has 13 nitrogen and oxygen atoms in total. The lowest BCUT2D eigenvalue weighted by molar-refractivity contribution is -0.0119. The van der Waals surface area contributed by atoms with Gasteiger partial charge in [0.2, 0.25) is 0 Å². The first-order valence-corrected chi connectivity index (χ1v) is 21.2. The van der Waals surface area contributed by atoms with E-state index in [0.29, 0.717) is 66.9 Å².